The molecule has 0 nitrogen and oxygen atoms in total. The van der Waals surface area contributed by atoms with Crippen molar-refractivity contribution in [2.24, 2.45) is 0 Å². The maximum Gasteiger partial charge on any atom is 4.00 e. The Kier molecular flexibility index (Phi) is 14.3. The SMILES string of the molecule is Cc1cc(C)cc([SiH](C[c-]2c(C)c(C)c(C)c2-c2ccc(F)cc2)c2cc(C)cc(C)c2)c1.[Cl-].[Cl-].[Cl-].[Ti+4]. The Morgan fingerprint density at radius 2 is 1.03 bits per heavy atom. The van der Waals surface area contributed by atoms with E-state index in [1.165, 1.54) is 60.4 Å². The van der Waals surface area contributed by atoms with Gasteiger partial charge in [-0.2, -0.15) is 11.1 Å². The van der Waals surface area contributed by atoms with E-state index in [9.17, 15) is 4.39 Å². The first-order valence-corrected chi connectivity index (χ1v) is 13.8. The number of rotatable bonds is 5. The van der Waals surface area contributed by atoms with Crippen molar-refractivity contribution in [2.75, 3.05) is 0 Å². The molecule has 4 rings (SSSR count). The van der Waals surface area contributed by atoms with E-state index in [0.29, 0.717) is 0 Å². The van der Waals surface area contributed by atoms with Crippen molar-refractivity contribution in [2.45, 2.75) is 54.5 Å². The monoisotopic (exact) mass is 606 g/mol. The summed E-state index contributed by atoms with van der Waals surface area (Å²) < 4.78 is 13.7. The fourth-order valence-electron chi connectivity index (χ4n) is 5.43. The van der Waals surface area contributed by atoms with E-state index >= 15 is 0 Å². The van der Waals surface area contributed by atoms with Crippen LogP contribution < -0.4 is 47.6 Å². The van der Waals surface area contributed by atoms with E-state index in [4.69, 9.17) is 0 Å². The van der Waals surface area contributed by atoms with Gasteiger partial charge < -0.3 is 37.2 Å². The third-order valence-electron chi connectivity index (χ3n) is 7.09. The van der Waals surface area contributed by atoms with Crippen molar-refractivity contribution in [1.29, 1.82) is 0 Å². The fraction of sp³-hybridized carbons (Fsp3) is 0.258. The van der Waals surface area contributed by atoms with Crippen LogP contribution in [0.4, 0.5) is 4.39 Å². The summed E-state index contributed by atoms with van der Waals surface area (Å²) in [6.45, 7) is 15.5. The van der Waals surface area contributed by atoms with Gasteiger partial charge in [-0.05, 0) is 39.8 Å². The predicted octanol–water partition coefficient (Wildman–Crippen LogP) is -2.50. The van der Waals surface area contributed by atoms with Crippen LogP contribution in [0.5, 0.6) is 0 Å². The summed E-state index contributed by atoms with van der Waals surface area (Å²) in [5.74, 6) is -0.185. The molecule has 0 N–H and O–H groups in total. The quantitative estimate of drug-likeness (QED) is 0.174. The van der Waals surface area contributed by atoms with Crippen LogP contribution in [-0.2, 0) is 27.8 Å². The van der Waals surface area contributed by atoms with Gasteiger partial charge in [-0.25, -0.2) is 4.39 Å². The van der Waals surface area contributed by atoms with Crippen molar-refractivity contribution in [3.05, 3.63) is 111 Å². The molecule has 0 aliphatic rings. The van der Waals surface area contributed by atoms with Crippen molar-refractivity contribution < 1.29 is 63.3 Å². The Morgan fingerprint density at radius 1 is 0.622 bits per heavy atom. The molecular formula is C31H34Cl3FSiTi. The van der Waals surface area contributed by atoms with Crippen LogP contribution in [0, 0.1) is 54.3 Å². The number of aryl methyl sites for hydroxylation is 4. The molecule has 0 atom stereocenters. The molecule has 6 heteroatoms. The minimum Gasteiger partial charge on any atom is -1.00 e. The molecule has 0 aromatic heterocycles. The molecule has 0 saturated heterocycles. The van der Waals surface area contributed by atoms with Gasteiger partial charge in [0, 0.05) is 0 Å². The molecule has 0 amide bonds. The minimum atomic E-state index is -1.56. The smallest absolute Gasteiger partial charge is 1.00 e. The number of benzene rings is 3. The maximum absolute atomic E-state index is 13.7. The number of hydrogen-bond acceptors (Lipinski definition) is 0. The van der Waals surface area contributed by atoms with Crippen LogP contribution in [0.3, 0.4) is 0 Å². The first kappa shape index (κ1) is 35.7. The predicted molar refractivity (Wildman–Crippen MR) is 144 cm³/mol. The van der Waals surface area contributed by atoms with Gasteiger partial charge in [0.1, 0.15) is 5.82 Å². The van der Waals surface area contributed by atoms with E-state index in [1.807, 2.05) is 12.1 Å². The first-order chi connectivity index (χ1) is 15.6. The molecule has 4 aromatic rings. The van der Waals surface area contributed by atoms with E-state index in [-0.39, 0.29) is 64.8 Å². The summed E-state index contributed by atoms with van der Waals surface area (Å²) >= 11 is 0. The van der Waals surface area contributed by atoms with Crippen LogP contribution in [0.2, 0.25) is 0 Å². The van der Waals surface area contributed by atoms with Gasteiger partial charge in [0.15, 0.2) is 0 Å². The first-order valence-electron chi connectivity index (χ1n) is 11.8. The van der Waals surface area contributed by atoms with Crippen molar-refractivity contribution in [1.82, 2.24) is 0 Å². The number of hydrogen-bond donors (Lipinski definition) is 0. The Hall–Kier alpha value is -1.26. The molecule has 0 heterocycles. The zero-order valence-electron chi connectivity index (χ0n) is 22.6. The summed E-state index contributed by atoms with van der Waals surface area (Å²) in [6, 6.07) is 22.2. The van der Waals surface area contributed by atoms with Crippen LogP contribution >= 0.6 is 0 Å². The molecular weight excluding hydrogens is 574 g/mol. The molecule has 0 saturated carbocycles. The van der Waals surface area contributed by atoms with Crippen LogP contribution in [0.1, 0.15) is 44.5 Å². The Labute approximate surface area is 257 Å². The summed E-state index contributed by atoms with van der Waals surface area (Å²) in [6.07, 6.45) is 0. The summed E-state index contributed by atoms with van der Waals surface area (Å²) in [5, 5.41) is 3.00. The standard InChI is InChI=1S/C31H34FSi.3ClH.Ti/c1-19-12-20(2)15-28(14-19)33(29-16-21(3)13-22(4)17-29)18-30-24(6)23(5)25(7)31(30)26-8-10-27(32)11-9-26;;;;/h8-17,33H,18H2,1-7H3;3*1H;/q-1;;;;+4/p-3. The molecule has 4 aromatic carbocycles. The topological polar surface area (TPSA) is 0 Å². The van der Waals surface area contributed by atoms with Gasteiger partial charge in [0.2, 0.25) is 0 Å². The fourth-order valence-corrected chi connectivity index (χ4v) is 9.06. The zero-order chi connectivity index (χ0) is 23.9. The van der Waals surface area contributed by atoms with Gasteiger partial charge in [-0.1, -0.05) is 114 Å². The Morgan fingerprint density at radius 3 is 1.43 bits per heavy atom. The molecule has 37 heavy (non-hydrogen) atoms. The maximum atomic E-state index is 13.7. The van der Waals surface area contributed by atoms with E-state index in [0.717, 1.165) is 11.6 Å². The molecule has 0 aliphatic heterocycles. The zero-order valence-corrected chi connectivity index (χ0v) is 27.6. The minimum absolute atomic E-state index is 0. The van der Waals surface area contributed by atoms with Gasteiger partial charge in [-0.15, -0.1) is 16.7 Å². The average molecular weight is 608 g/mol. The second-order valence-electron chi connectivity index (χ2n) is 9.83. The normalized spacial score (nSPS) is 10.2. The average Bonchev–Trinajstić information content (AvgIpc) is 2.94. The molecule has 0 spiro atoms. The third-order valence-corrected chi connectivity index (χ3v) is 10.2. The second-order valence-corrected chi connectivity index (χ2v) is 12.7. The van der Waals surface area contributed by atoms with Crippen molar-refractivity contribution in [3.8, 4) is 11.1 Å². The van der Waals surface area contributed by atoms with Gasteiger partial charge in [0.05, 0.1) is 8.80 Å². The molecule has 0 aliphatic carbocycles. The second kappa shape index (κ2) is 14.8. The molecule has 0 fully saturated rings. The number of halogens is 4. The van der Waals surface area contributed by atoms with Crippen LogP contribution in [-0.4, -0.2) is 8.80 Å². The Bertz CT molecular complexity index is 1240. The molecule has 0 bridgehead atoms. The van der Waals surface area contributed by atoms with Gasteiger partial charge >= 0.3 is 21.7 Å². The molecule has 0 unspecified atom stereocenters. The third kappa shape index (κ3) is 7.88. The van der Waals surface area contributed by atoms with Gasteiger partial charge in [-0.3, -0.25) is 0 Å². The van der Waals surface area contributed by atoms with Crippen molar-refractivity contribution >= 4 is 19.2 Å². The largest absolute Gasteiger partial charge is 4.00 e. The summed E-state index contributed by atoms with van der Waals surface area (Å²) in [5.41, 5.74) is 13.2. The van der Waals surface area contributed by atoms with E-state index in [1.54, 1.807) is 12.1 Å². The van der Waals surface area contributed by atoms with Gasteiger partial charge in [0.25, 0.3) is 0 Å². The van der Waals surface area contributed by atoms with Crippen LogP contribution in [0.25, 0.3) is 11.1 Å². The summed E-state index contributed by atoms with van der Waals surface area (Å²) in [7, 11) is -1.56. The van der Waals surface area contributed by atoms with Crippen molar-refractivity contribution in [3.63, 3.8) is 0 Å². The summed E-state index contributed by atoms with van der Waals surface area (Å²) in [4.78, 5) is 0. The Balaban J connectivity index is 0.00000324. The van der Waals surface area contributed by atoms with E-state index in [2.05, 4.69) is 84.9 Å². The molecule has 0 radical (unpaired) electrons. The van der Waals surface area contributed by atoms with Crippen LogP contribution in [0.15, 0.2) is 60.7 Å². The van der Waals surface area contributed by atoms with E-state index < -0.39 is 8.80 Å². The molecule has 194 valence electrons.